The molecule has 1 aliphatic rings. The summed E-state index contributed by atoms with van der Waals surface area (Å²) in [5.74, 6) is -0.469. The first-order valence-electron chi connectivity index (χ1n) is 7.45. The van der Waals surface area contributed by atoms with Crippen molar-refractivity contribution in [1.82, 2.24) is 9.55 Å². The molecule has 1 aliphatic heterocycles. The zero-order valence-electron chi connectivity index (χ0n) is 12.4. The Balaban J connectivity index is 2.38. The quantitative estimate of drug-likeness (QED) is 0.435. The number of nitrogens with zero attached hydrogens (tertiary/aromatic N) is 1. The molecule has 3 N–H and O–H groups in total. The lowest BCUT2D eigenvalue weighted by molar-refractivity contribution is -0.0691. The van der Waals surface area contributed by atoms with Gasteiger partial charge in [-0.05, 0) is 6.42 Å². The van der Waals surface area contributed by atoms with Crippen LogP contribution in [-0.4, -0.2) is 38.6 Å². The standard InChI is InChI=1S/C14H22N2O5S/c1-2-3-4-5-9-12(19)10(8-17)21-14(9,22)16-7-6-11(18)15-13(16)20/h6-7,9-10,12,17,19,22H,2-5,8H2,1H3,(H,15,18,20)/t9-,10-,12+,14+/m1/s1. The summed E-state index contributed by atoms with van der Waals surface area (Å²) in [7, 11) is 0. The minimum Gasteiger partial charge on any atom is -0.394 e. The van der Waals surface area contributed by atoms with Gasteiger partial charge in [0.1, 0.15) is 6.10 Å². The minimum atomic E-state index is -1.40. The monoisotopic (exact) mass is 330 g/mol. The maximum absolute atomic E-state index is 12.0. The Morgan fingerprint density at radius 2 is 2.18 bits per heavy atom. The van der Waals surface area contributed by atoms with Crippen LogP contribution in [0.4, 0.5) is 0 Å². The minimum absolute atomic E-state index is 0.369. The molecule has 0 radical (unpaired) electrons. The van der Waals surface area contributed by atoms with Gasteiger partial charge in [0.25, 0.3) is 5.56 Å². The summed E-state index contributed by atoms with van der Waals surface area (Å²) in [6.45, 7) is 1.70. The molecule has 0 amide bonds. The van der Waals surface area contributed by atoms with Crippen LogP contribution in [0.2, 0.25) is 0 Å². The lowest BCUT2D eigenvalue weighted by Gasteiger charge is -2.31. The number of nitrogens with one attached hydrogen (secondary N) is 1. The predicted molar refractivity (Wildman–Crippen MR) is 83.9 cm³/mol. The van der Waals surface area contributed by atoms with Crippen molar-refractivity contribution in [2.45, 2.75) is 49.9 Å². The first-order valence-corrected chi connectivity index (χ1v) is 7.90. The molecule has 0 bridgehead atoms. The highest BCUT2D eigenvalue weighted by Gasteiger charge is 2.53. The molecular weight excluding hydrogens is 308 g/mol. The van der Waals surface area contributed by atoms with E-state index in [4.69, 9.17) is 4.74 Å². The first kappa shape index (κ1) is 17.3. The van der Waals surface area contributed by atoms with Gasteiger partial charge in [-0.1, -0.05) is 26.2 Å². The fourth-order valence-electron chi connectivity index (χ4n) is 2.88. The highest BCUT2D eigenvalue weighted by atomic mass is 32.1. The largest absolute Gasteiger partial charge is 0.394 e. The lowest BCUT2D eigenvalue weighted by Crippen LogP contribution is -2.45. The van der Waals surface area contributed by atoms with Crippen molar-refractivity contribution in [1.29, 1.82) is 0 Å². The Labute approximate surface area is 133 Å². The second-order valence-electron chi connectivity index (χ2n) is 5.57. The third kappa shape index (κ3) is 3.15. The van der Waals surface area contributed by atoms with E-state index in [9.17, 15) is 19.8 Å². The number of aromatic amines is 1. The zero-order chi connectivity index (χ0) is 16.3. The van der Waals surface area contributed by atoms with E-state index in [1.165, 1.54) is 12.3 Å². The molecule has 2 rings (SSSR count). The van der Waals surface area contributed by atoms with Gasteiger partial charge in [-0.3, -0.25) is 14.3 Å². The van der Waals surface area contributed by atoms with Crippen molar-refractivity contribution in [3.8, 4) is 0 Å². The van der Waals surface area contributed by atoms with Crippen molar-refractivity contribution >= 4 is 12.6 Å². The van der Waals surface area contributed by atoms with E-state index in [0.717, 1.165) is 23.8 Å². The van der Waals surface area contributed by atoms with E-state index < -0.39 is 34.4 Å². The van der Waals surface area contributed by atoms with Crippen LogP contribution in [0.25, 0.3) is 0 Å². The molecule has 0 aliphatic carbocycles. The number of unbranched alkanes of at least 4 members (excludes halogenated alkanes) is 2. The normalized spacial score (nSPS) is 31.5. The Kier molecular flexibility index (Phi) is 5.49. The summed E-state index contributed by atoms with van der Waals surface area (Å²) in [4.78, 5) is 25.4. The highest BCUT2D eigenvalue weighted by Crippen LogP contribution is 2.45. The topological polar surface area (TPSA) is 105 Å². The maximum atomic E-state index is 12.0. The molecule has 1 aromatic heterocycles. The number of hydrogen-bond acceptors (Lipinski definition) is 6. The summed E-state index contributed by atoms with van der Waals surface area (Å²) < 4.78 is 6.83. The van der Waals surface area contributed by atoms with Crippen LogP contribution in [0.3, 0.4) is 0 Å². The molecule has 124 valence electrons. The van der Waals surface area contributed by atoms with E-state index in [1.807, 2.05) is 0 Å². The summed E-state index contributed by atoms with van der Waals surface area (Å²) >= 11 is 4.49. The average Bonchev–Trinajstić information content (AvgIpc) is 2.72. The van der Waals surface area contributed by atoms with Crippen molar-refractivity contribution in [3.05, 3.63) is 33.1 Å². The van der Waals surface area contributed by atoms with Crippen LogP contribution in [0, 0.1) is 5.92 Å². The number of H-pyrrole nitrogens is 1. The smallest absolute Gasteiger partial charge is 0.331 e. The number of ether oxygens (including phenoxy) is 1. The van der Waals surface area contributed by atoms with Gasteiger partial charge in [0.05, 0.1) is 12.7 Å². The van der Waals surface area contributed by atoms with Crippen LogP contribution in [-0.2, 0) is 9.79 Å². The summed E-state index contributed by atoms with van der Waals surface area (Å²) in [6, 6.07) is 1.20. The molecule has 1 saturated heterocycles. The number of thiol groups is 1. The van der Waals surface area contributed by atoms with E-state index in [0.29, 0.717) is 6.42 Å². The first-order chi connectivity index (χ1) is 10.4. The van der Waals surface area contributed by atoms with Gasteiger partial charge in [-0.25, -0.2) is 4.79 Å². The van der Waals surface area contributed by atoms with E-state index in [1.54, 1.807) is 0 Å². The molecule has 8 heteroatoms. The van der Waals surface area contributed by atoms with Crippen molar-refractivity contribution in [2.75, 3.05) is 6.61 Å². The molecule has 0 saturated carbocycles. The number of aliphatic hydroxyl groups excluding tert-OH is 2. The number of rotatable bonds is 6. The third-order valence-corrected chi connectivity index (χ3v) is 4.72. The van der Waals surface area contributed by atoms with Crippen molar-refractivity contribution < 1.29 is 14.9 Å². The van der Waals surface area contributed by atoms with Crippen LogP contribution in [0.5, 0.6) is 0 Å². The zero-order valence-corrected chi connectivity index (χ0v) is 13.3. The van der Waals surface area contributed by atoms with Crippen LogP contribution >= 0.6 is 12.6 Å². The second-order valence-corrected chi connectivity index (χ2v) is 6.21. The van der Waals surface area contributed by atoms with Gasteiger partial charge >= 0.3 is 5.69 Å². The molecule has 1 fully saturated rings. The molecule has 0 unspecified atom stereocenters. The van der Waals surface area contributed by atoms with Gasteiger partial charge in [0, 0.05) is 18.2 Å². The number of aromatic nitrogens is 2. The maximum Gasteiger partial charge on any atom is 0.331 e. The summed E-state index contributed by atoms with van der Waals surface area (Å²) in [5, 5.41) is 18.3. The van der Waals surface area contributed by atoms with Gasteiger partial charge in [-0.15, -0.1) is 12.6 Å². The summed E-state index contributed by atoms with van der Waals surface area (Å²) in [5.41, 5.74) is -1.17. The second kappa shape index (κ2) is 6.99. The molecule has 4 atom stereocenters. The van der Waals surface area contributed by atoms with Gasteiger partial charge in [0.15, 0.2) is 5.06 Å². The molecule has 7 nitrogen and oxygen atoms in total. The lowest BCUT2D eigenvalue weighted by atomic mass is 9.93. The molecule has 1 aromatic rings. The van der Waals surface area contributed by atoms with Crippen molar-refractivity contribution in [3.63, 3.8) is 0 Å². The Morgan fingerprint density at radius 1 is 1.45 bits per heavy atom. The molecule has 0 aromatic carbocycles. The molecule has 0 spiro atoms. The van der Waals surface area contributed by atoms with Gasteiger partial charge in [-0.2, -0.15) is 0 Å². The number of hydrogen-bond donors (Lipinski definition) is 4. The Hall–Kier alpha value is -1.09. The highest BCUT2D eigenvalue weighted by molar-refractivity contribution is 7.80. The Morgan fingerprint density at radius 3 is 2.77 bits per heavy atom. The SMILES string of the molecule is CCCCC[C@@H]1[C@H](O)[C@@H](CO)O[C@@]1(S)n1ccc(=O)[nH]c1=O. The Bertz CT molecular complexity index is 616. The van der Waals surface area contributed by atoms with Crippen LogP contribution in [0.15, 0.2) is 21.9 Å². The van der Waals surface area contributed by atoms with Gasteiger partial charge in [0.2, 0.25) is 0 Å². The van der Waals surface area contributed by atoms with E-state index in [2.05, 4.69) is 24.5 Å². The van der Waals surface area contributed by atoms with E-state index >= 15 is 0 Å². The fourth-order valence-corrected chi connectivity index (χ4v) is 3.46. The summed E-state index contributed by atoms with van der Waals surface area (Å²) in [6.07, 6.45) is 3.00. The molecule has 22 heavy (non-hydrogen) atoms. The fraction of sp³-hybridized carbons (Fsp3) is 0.714. The van der Waals surface area contributed by atoms with Crippen LogP contribution in [0.1, 0.15) is 32.6 Å². The number of aliphatic hydroxyl groups is 2. The van der Waals surface area contributed by atoms with Crippen LogP contribution < -0.4 is 11.2 Å². The molecule has 2 heterocycles. The average molecular weight is 330 g/mol. The third-order valence-electron chi connectivity index (χ3n) is 4.07. The van der Waals surface area contributed by atoms with Gasteiger partial charge < -0.3 is 14.9 Å². The van der Waals surface area contributed by atoms with E-state index in [-0.39, 0.29) is 6.61 Å². The molecular formula is C14H22N2O5S. The predicted octanol–water partition coefficient (Wildman–Crippen LogP) is 0.0252. The van der Waals surface area contributed by atoms with Crippen molar-refractivity contribution in [2.24, 2.45) is 5.92 Å².